The quantitative estimate of drug-likeness (QED) is 0.493. The molecule has 23 heavy (non-hydrogen) atoms. The minimum atomic E-state index is -0.469. The minimum absolute atomic E-state index is 0.0155. The summed E-state index contributed by atoms with van der Waals surface area (Å²) < 4.78 is 0.946. The van der Waals surface area contributed by atoms with Gasteiger partial charge in [-0.15, -0.1) is 0 Å². The molecule has 118 valence electrons. The number of carbonyl (C=O) groups excluding carboxylic acids is 1. The number of benzene rings is 2. The van der Waals surface area contributed by atoms with Gasteiger partial charge in [-0.1, -0.05) is 40.2 Å². The largest absolute Gasteiger partial charge is 0.273 e. The first-order valence-electron chi connectivity index (χ1n) is 6.78. The summed E-state index contributed by atoms with van der Waals surface area (Å²) in [5.41, 5.74) is 4.40. The maximum absolute atomic E-state index is 11.9. The van der Waals surface area contributed by atoms with Crippen LogP contribution in [0.25, 0.3) is 0 Å². The van der Waals surface area contributed by atoms with E-state index in [4.69, 9.17) is 0 Å². The summed E-state index contributed by atoms with van der Waals surface area (Å²) in [5, 5.41) is 14.8. The maximum atomic E-state index is 11.9. The molecule has 0 aliphatic carbocycles. The monoisotopic (exact) mass is 375 g/mol. The van der Waals surface area contributed by atoms with Crippen LogP contribution in [0.3, 0.4) is 0 Å². The molecule has 0 aliphatic rings. The van der Waals surface area contributed by atoms with E-state index in [0.717, 1.165) is 10.0 Å². The molecule has 1 N–H and O–H groups in total. The minimum Gasteiger partial charge on any atom is -0.273 e. The van der Waals surface area contributed by atoms with E-state index in [0.29, 0.717) is 11.3 Å². The van der Waals surface area contributed by atoms with E-state index in [1.54, 1.807) is 19.1 Å². The first kappa shape index (κ1) is 16.8. The number of hydrogen-bond donors (Lipinski definition) is 1. The number of non-ortho nitro benzene ring substituents is 1. The normalized spacial score (nSPS) is 11.1. The first-order chi connectivity index (χ1) is 11.0. The summed E-state index contributed by atoms with van der Waals surface area (Å²) in [6, 6.07) is 13.5. The number of hydrazone groups is 1. The predicted octanol–water partition coefficient (Wildman–Crippen LogP) is 3.44. The van der Waals surface area contributed by atoms with Crippen LogP contribution >= 0.6 is 15.9 Å². The number of nitro groups is 1. The van der Waals surface area contributed by atoms with Crippen LogP contribution in [0.1, 0.15) is 18.1 Å². The van der Waals surface area contributed by atoms with Gasteiger partial charge in [0.05, 0.1) is 17.1 Å². The molecular formula is C16H14BrN3O3. The number of halogens is 1. The van der Waals surface area contributed by atoms with Crippen LogP contribution < -0.4 is 5.43 Å². The summed E-state index contributed by atoms with van der Waals surface area (Å²) >= 11 is 3.33. The van der Waals surface area contributed by atoms with E-state index < -0.39 is 4.92 Å². The van der Waals surface area contributed by atoms with Gasteiger partial charge in [-0.3, -0.25) is 14.9 Å². The molecule has 7 heteroatoms. The van der Waals surface area contributed by atoms with Gasteiger partial charge in [0.1, 0.15) is 0 Å². The number of nitrogens with one attached hydrogen (secondary N) is 1. The number of nitro benzene ring substituents is 1. The molecule has 6 nitrogen and oxygen atoms in total. The number of carbonyl (C=O) groups is 1. The molecule has 0 spiro atoms. The topological polar surface area (TPSA) is 84.6 Å². The van der Waals surface area contributed by atoms with Gasteiger partial charge in [-0.2, -0.15) is 5.10 Å². The predicted molar refractivity (Wildman–Crippen MR) is 91.3 cm³/mol. The molecule has 0 saturated heterocycles. The second-order valence-corrected chi connectivity index (χ2v) is 5.76. The zero-order valence-electron chi connectivity index (χ0n) is 12.3. The molecule has 0 aromatic heterocycles. The Morgan fingerprint density at radius 2 is 1.96 bits per heavy atom. The van der Waals surface area contributed by atoms with Crippen LogP contribution in [0.4, 0.5) is 5.69 Å². The fraction of sp³-hybridized carbons (Fsp3) is 0.125. The van der Waals surface area contributed by atoms with E-state index in [9.17, 15) is 14.9 Å². The highest BCUT2D eigenvalue weighted by molar-refractivity contribution is 9.10. The van der Waals surface area contributed by atoms with E-state index in [1.807, 2.05) is 24.3 Å². The molecule has 1 amide bonds. The van der Waals surface area contributed by atoms with Crippen molar-refractivity contribution in [1.29, 1.82) is 0 Å². The zero-order chi connectivity index (χ0) is 16.8. The first-order valence-corrected chi connectivity index (χ1v) is 7.57. The molecule has 0 saturated carbocycles. The van der Waals surface area contributed by atoms with Crippen molar-refractivity contribution in [2.45, 2.75) is 13.3 Å². The number of nitrogens with zero attached hydrogens (tertiary/aromatic N) is 2. The van der Waals surface area contributed by atoms with Crippen molar-refractivity contribution in [3.8, 4) is 0 Å². The van der Waals surface area contributed by atoms with Crippen LogP contribution in [-0.2, 0) is 11.2 Å². The Bertz CT molecular complexity index is 757. The summed E-state index contributed by atoms with van der Waals surface area (Å²) in [4.78, 5) is 22.2. The third-order valence-electron chi connectivity index (χ3n) is 3.10. The van der Waals surface area contributed by atoms with Gasteiger partial charge in [0.25, 0.3) is 5.69 Å². The zero-order valence-corrected chi connectivity index (χ0v) is 13.9. The summed E-state index contributed by atoms with van der Waals surface area (Å²) in [5.74, 6) is -0.253. The van der Waals surface area contributed by atoms with Crippen LogP contribution in [0.5, 0.6) is 0 Å². The molecule has 0 aliphatic heterocycles. The fourth-order valence-electron chi connectivity index (χ4n) is 1.88. The summed E-state index contributed by atoms with van der Waals surface area (Å²) in [6.45, 7) is 1.68. The van der Waals surface area contributed by atoms with Crippen molar-refractivity contribution in [2.24, 2.45) is 5.10 Å². The van der Waals surface area contributed by atoms with Crippen molar-refractivity contribution in [3.05, 3.63) is 74.2 Å². The highest BCUT2D eigenvalue weighted by Gasteiger charge is 2.08. The van der Waals surface area contributed by atoms with Gasteiger partial charge in [0.2, 0.25) is 5.91 Å². The number of hydrogen-bond acceptors (Lipinski definition) is 4. The lowest BCUT2D eigenvalue weighted by molar-refractivity contribution is -0.384. The fourth-order valence-corrected chi connectivity index (χ4v) is 2.15. The average Bonchev–Trinajstić information content (AvgIpc) is 2.55. The van der Waals surface area contributed by atoms with Gasteiger partial charge in [-0.25, -0.2) is 5.43 Å². The second kappa shape index (κ2) is 7.64. The van der Waals surface area contributed by atoms with Crippen LogP contribution in [0, 0.1) is 10.1 Å². The SMILES string of the molecule is C/C(=N/NC(=O)Cc1ccc(Br)cc1)c1cccc([N+](=O)[O-])c1. The molecular weight excluding hydrogens is 362 g/mol. The average molecular weight is 376 g/mol. The van der Waals surface area contributed by atoms with E-state index in [-0.39, 0.29) is 18.0 Å². The highest BCUT2D eigenvalue weighted by atomic mass is 79.9. The number of amides is 1. The second-order valence-electron chi connectivity index (χ2n) is 4.84. The Kier molecular flexibility index (Phi) is 5.59. The summed E-state index contributed by atoms with van der Waals surface area (Å²) in [6.07, 6.45) is 0.207. The van der Waals surface area contributed by atoms with E-state index in [2.05, 4.69) is 26.5 Å². The van der Waals surface area contributed by atoms with Crippen molar-refractivity contribution in [1.82, 2.24) is 5.43 Å². The third-order valence-corrected chi connectivity index (χ3v) is 3.63. The van der Waals surface area contributed by atoms with Crippen molar-refractivity contribution in [2.75, 3.05) is 0 Å². The molecule has 0 unspecified atom stereocenters. The molecule has 0 heterocycles. The van der Waals surface area contributed by atoms with E-state index in [1.165, 1.54) is 12.1 Å². The maximum Gasteiger partial charge on any atom is 0.270 e. The Labute approximate surface area is 141 Å². The molecule has 0 atom stereocenters. The van der Waals surface area contributed by atoms with Crippen molar-refractivity contribution in [3.63, 3.8) is 0 Å². The molecule has 0 fully saturated rings. The Morgan fingerprint density at radius 3 is 2.61 bits per heavy atom. The Balaban J connectivity index is 2.01. The van der Waals surface area contributed by atoms with Crippen molar-refractivity contribution < 1.29 is 9.72 Å². The number of rotatable bonds is 5. The smallest absolute Gasteiger partial charge is 0.270 e. The third kappa shape index (κ3) is 5.00. The van der Waals surface area contributed by atoms with Crippen LogP contribution in [-0.4, -0.2) is 16.5 Å². The molecule has 2 rings (SSSR count). The summed E-state index contributed by atoms with van der Waals surface area (Å²) in [7, 11) is 0. The molecule has 0 radical (unpaired) electrons. The van der Waals surface area contributed by atoms with Gasteiger partial charge in [0.15, 0.2) is 0 Å². The van der Waals surface area contributed by atoms with Crippen LogP contribution in [0.15, 0.2) is 58.1 Å². The lowest BCUT2D eigenvalue weighted by Crippen LogP contribution is -2.21. The lowest BCUT2D eigenvalue weighted by atomic mass is 10.1. The Morgan fingerprint density at radius 1 is 1.26 bits per heavy atom. The molecule has 2 aromatic rings. The van der Waals surface area contributed by atoms with Gasteiger partial charge < -0.3 is 0 Å². The Hall–Kier alpha value is -2.54. The molecule has 2 aromatic carbocycles. The van der Waals surface area contributed by atoms with E-state index >= 15 is 0 Å². The highest BCUT2D eigenvalue weighted by Crippen LogP contribution is 2.14. The molecule has 0 bridgehead atoms. The van der Waals surface area contributed by atoms with Gasteiger partial charge >= 0.3 is 0 Å². The lowest BCUT2D eigenvalue weighted by Gasteiger charge is -2.04. The van der Waals surface area contributed by atoms with Gasteiger partial charge in [0, 0.05) is 22.2 Å². The standard InChI is InChI=1S/C16H14BrN3O3/c1-11(13-3-2-4-15(10-13)20(22)23)18-19-16(21)9-12-5-7-14(17)8-6-12/h2-8,10H,9H2,1H3,(H,19,21)/b18-11-. The van der Waals surface area contributed by atoms with Gasteiger partial charge in [-0.05, 0) is 24.6 Å². The van der Waals surface area contributed by atoms with Crippen LogP contribution in [0.2, 0.25) is 0 Å². The van der Waals surface area contributed by atoms with Crippen molar-refractivity contribution >= 4 is 33.2 Å².